The Bertz CT molecular complexity index is 786. The minimum Gasteiger partial charge on any atom is -0.455 e. The van der Waals surface area contributed by atoms with E-state index in [1.165, 1.54) is 83.5 Å². The maximum Gasteiger partial charge on any atom is 0.334 e. The van der Waals surface area contributed by atoms with Gasteiger partial charge in [0.1, 0.15) is 12.9 Å². The molecule has 3 heterocycles. The zero-order valence-corrected chi connectivity index (χ0v) is 28.5. The SMILES string of the molecule is CCCCCCCCCC[C@@H](OCOC)[C@H]1CC[C@H]([C@H]2CC[C@H](CCCCCCCCC[C@H](O)CC3=C[C@@H](C)OC3=O)O2)O1. The monoisotopic (exact) mass is 622 g/mol. The molecule has 0 aromatic carbocycles. The number of carbonyl (C=O) groups excluding carboxylic acids is 1. The Kier molecular flexibility index (Phi) is 19.2. The molecule has 7 atom stereocenters. The summed E-state index contributed by atoms with van der Waals surface area (Å²) in [4.78, 5) is 11.7. The maximum atomic E-state index is 11.7. The van der Waals surface area contributed by atoms with Gasteiger partial charge in [0.2, 0.25) is 0 Å². The second-order valence-electron chi connectivity index (χ2n) is 13.8. The third kappa shape index (κ3) is 14.6. The fourth-order valence-corrected chi connectivity index (χ4v) is 7.24. The predicted octanol–water partition coefficient (Wildman–Crippen LogP) is 8.74. The van der Waals surface area contributed by atoms with Crippen molar-refractivity contribution in [2.24, 2.45) is 0 Å². The molecule has 3 aliphatic heterocycles. The van der Waals surface area contributed by atoms with Crippen molar-refractivity contribution in [2.45, 2.75) is 204 Å². The Hall–Kier alpha value is -0.990. The van der Waals surface area contributed by atoms with Gasteiger partial charge < -0.3 is 28.8 Å². The second kappa shape index (κ2) is 22.5. The molecule has 3 rings (SSSR count). The molecule has 0 spiro atoms. The number of aliphatic hydroxyl groups is 1. The molecule has 0 aromatic heterocycles. The van der Waals surface area contributed by atoms with Crippen molar-refractivity contribution in [1.29, 1.82) is 0 Å². The summed E-state index contributed by atoms with van der Waals surface area (Å²) in [6.07, 6.45) is 29.2. The van der Waals surface area contributed by atoms with Gasteiger partial charge in [-0.15, -0.1) is 0 Å². The third-order valence-electron chi connectivity index (χ3n) is 9.81. The Morgan fingerprint density at radius 2 is 1.43 bits per heavy atom. The van der Waals surface area contributed by atoms with Gasteiger partial charge in [0.15, 0.2) is 0 Å². The van der Waals surface area contributed by atoms with Crippen molar-refractivity contribution < 1.29 is 33.6 Å². The fraction of sp³-hybridized carbons (Fsp3) is 0.919. The molecular weight excluding hydrogens is 556 g/mol. The zero-order chi connectivity index (χ0) is 31.4. The molecular formula is C37H66O7. The van der Waals surface area contributed by atoms with E-state index in [1.54, 1.807) is 7.11 Å². The quantitative estimate of drug-likeness (QED) is 0.0587. The van der Waals surface area contributed by atoms with Gasteiger partial charge in [-0.2, -0.15) is 0 Å². The summed E-state index contributed by atoms with van der Waals surface area (Å²) in [7, 11) is 1.70. The van der Waals surface area contributed by atoms with E-state index in [0.29, 0.717) is 24.9 Å². The lowest BCUT2D eigenvalue weighted by Gasteiger charge is -2.26. The molecule has 2 fully saturated rings. The molecule has 7 nitrogen and oxygen atoms in total. The number of cyclic esters (lactones) is 1. The van der Waals surface area contributed by atoms with Crippen molar-refractivity contribution in [3.8, 4) is 0 Å². The highest BCUT2D eigenvalue weighted by atomic mass is 16.7. The van der Waals surface area contributed by atoms with Gasteiger partial charge in [0.25, 0.3) is 0 Å². The largest absolute Gasteiger partial charge is 0.455 e. The van der Waals surface area contributed by atoms with Crippen molar-refractivity contribution >= 4 is 5.97 Å². The molecule has 0 unspecified atom stereocenters. The van der Waals surface area contributed by atoms with Crippen LogP contribution >= 0.6 is 0 Å². The van der Waals surface area contributed by atoms with Crippen molar-refractivity contribution in [1.82, 2.24) is 0 Å². The van der Waals surface area contributed by atoms with Gasteiger partial charge in [-0.1, -0.05) is 103 Å². The highest BCUT2D eigenvalue weighted by Crippen LogP contribution is 2.35. The van der Waals surface area contributed by atoms with Gasteiger partial charge >= 0.3 is 5.97 Å². The summed E-state index contributed by atoms with van der Waals surface area (Å²) in [6, 6.07) is 0. The van der Waals surface area contributed by atoms with Crippen LogP contribution in [0.5, 0.6) is 0 Å². The van der Waals surface area contributed by atoms with E-state index in [-0.39, 0.29) is 36.5 Å². The van der Waals surface area contributed by atoms with Gasteiger partial charge in [0.05, 0.1) is 36.6 Å². The molecule has 7 heteroatoms. The average Bonchev–Trinajstić information content (AvgIpc) is 3.75. The van der Waals surface area contributed by atoms with Crippen LogP contribution in [0, 0.1) is 0 Å². The molecule has 2 saturated heterocycles. The van der Waals surface area contributed by atoms with Crippen molar-refractivity contribution in [3.05, 3.63) is 11.6 Å². The lowest BCUT2D eigenvalue weighted by molar-refractivity contribution is -0.142. The number of hydrogen-bond donors (Lipinski definition) is 1. The molecule has 0 radical (unpaired) electrons. The second-order valence-corrected chi connectivity index (χ2v) is 13.8. The fourth-order valence-electron chi connectivity index (χ4n) is 7.24. The van der Waals surface area contributed by atoms with Crippen LogP contribution in [0.15, 0.2) is 11.6 Å². The van der Waals surface area contributed by atoms with Crippen LogP contribution in [0.4, 0.5) is 0 Å². The molecule has 256 valence electrons. The highest BCUT2D eigenvalue weighted by Gasteiger charge is 2.39. The minimum atomic E-state index is -0.444. The first kappa shape index (κ1) is 37.5. The number of unbranched alkanes of at least 4 members (excludes halogenated alkanes) is 13. The number of rotatable bonds is 26. The van der Waals surface area contributed by atoms with Crippen molar-refractivity contribution in [3.63, 3.8) is 0 Å². The van der Waals surface area contributed by atoms with E-state index in [9.17, 15) is 9.90 Å². The standard InChI is InChI=1S/C37H66O7/c1-4-5-6-7-8-12-15-18-21-33(41-28-40-3)34-24-25-36(44-34)35-23-22-32(43-35)20-17-14-11-9-10-13-16-19-31(38)27-30-26-29(2)42-37(30)39/h26,29,31-36,38H,4-25,27-28H2,1-3H3/t29-,31+,32+,33-,34-,35-,36-/m1/s1. The molecule has 0 bridgehead atoms. The Morgan fingerprint density at radius 1 is 0.818 bits per heavy atom. The lowest BCUT2D eigenvalue weighted by Crippen LogP contribution is -2.33. The van der Waals surface area contributed by atoms with E-state index in [2.05, 4.69) is 6.92 Å². The zero-order valence-electron chi connectivity index (χ0n) is 28.5. The summed E-state index contributed by atoms with van der Waals surface area (Å²) in [5.41, 5.74) is 0.632. The van der Waals surface area contributed by atoms with Crippen LogP contribution in [-0.4, -0.2) is 67.7 Å². The molecule has 3 aliphatic rings. The molecule has 0 saturated carbocycles. The van der Waals surface area contributed by atoms with Gasteiger partial charge in [0, 0.05) is 19.1 Å². The van der Waals surface area contributed by atoms with E-state index in [0.717, 1.165) is 57.8 Å². The Labute approximate surface area is 269 Å². The summed E-state index contributed by atoms with van der Waals surface area (Å²) >= 11 is 0. The summed E-state index contributed by atoms with van der Waals surface area (Å²) in [5, 5.41) is 10.2. The smallest absolute Gasteiger partial charge is 0.334 e. The van der Waals surface area contributed by atoms with E-state index in [1.807, 2.05) is 13.0 Å². The first-order valence-electron chi connectivity index (χ1n) is 18.5. The van der Waals surface area contributed by atoms with Crippen LogP contribution in [-0.2, 0) is 28.5 Å². The number of esters is 1. The number of hydrogen-bond acceptors (Lipinski definition) is 7. The Morgan fingerprint density at radius 3 is 2.09 bits per heavy atom. The van der Waals surface area contributed by atoms with Crippen LogP contribution in [0.1, 0.15) is 162 Å². The normalized spacial score (nSPS) is 26.7. The number of aliphatic hydroxyl groups excluding tert-OH is 1. The number of ether oxygens (including phenoxy) is 5. The average molecular weight is 623 g/mol. The molecule has 44 heavy (non-hydrogen) atoms. The first-order chi connectivity index (χ1) is 21.5. The number of carbonyl (C=O) groups is 1. The van der Waals surface area contributed by atoms with E-state index >= 15 is 0 Å². The van der Waals surface area contributed by atoms with Crippen LogP contribution < -0.4 is 0 Å². The first-order valence-corrected chi connectivity index (χ1v) is 18.5. The summed E-state index contributed by atoms with van der Waals surface area (Å²) in [5.74, 6) is -0.267. The number of methoxy groups -OCH3 is 1. The molecule has 0 amide bonds. The van der Waals surface area contributed by atoms with Gasteiger partial charge in [-0.25, -0.2) is 4.79 Å². The van der Waals surface area contributed by atoms with E-state index < -0.39 is 6.10 Å². The molecule has 1 N–H and O–H groups in total. The minimum absolute atomic E-state index is 0.126. The van der Waals surface area contributed by atoms with Crippen LogP contribution in [0.2, 0.25) is 0 Å². The van der Waals surface area contributed by atoms with Crippen LogP contribution in [0.3, 0.4) is 0 Å². The lowest BCUT2D eigenvalue weighted by atomic mass is 10.0. The maximum absolute atomic E-state index is 11.7. The van der Waals surface area contributed by atoms with E-state index in [4.69, 9.17) is 23.7 Å². The molecule has 0 aliphatic carbocycles. The Balaban J connectivity index is 1.18. The third-order valence-corrected chi connectivity index (χ3v) is 9.81. The predicted molar refractivity (Wildman–Crippen MR) is 176 cm³/mol. The van der Waals surface area contributed by atoms with Gasteiger partial charge in [-0.3, -0.25) is 0 Å². The highest BCUT2D eigenvalue weighted by molar-refractivity contribution is 5.90. The topological polar surface area (TPSA) is 83.5 Å². The molecule has 0 aromatic rings. The van der Waals surface area contributed by atoms with Crippen molar-refractivity contribution in [2.75, 3.05) is 13.9 Å². The summed E-state index contributed by atoms with van der Waals surface area (Å²) in [6.45, 7) is 4.47. The van der Waals surface area contributed by atoms with Crippen LogP contribution in [0.25, 0.3) is 0 Å². The van der Waals surface area contributed by atoms with Gasteiger partial charge in [-0.05, 0) is 57.9 Å². The summed E-state index contributed by atoms with van der Waals surface area (Å²) < 4.78 is 29.5.